The molecule has 29 heavy (non-hydrogen) atoms. The highest BCUT2D eigenvalue weighted by molar-refractivity contribution is 5.99. The fourth-order valence-electron chi connectivity index (χ4n) is 2.66. The van der Waals surface area contributed by atoms with Crippen LogP contribution < -0.4 is 15.4 Å². The maximum absolute atomic E-state index is 13.0. The molecule has 0 heterocycles. The fourth-order valence-corrected chi connectivity index (χ4v) is 2.66. The Kier molecular flexibility index (Phi) is 6.56. The number of carbonyl (C=O) groups is 2. The Bertz CT molecular complexity index is 903. The van der Waals surface area contributed by atoms with Gasteiger partial charge in [-0.05, 0) is 35.2 Å². The van der Waals surface area contributed by atoms with Gasteiger partial charge in [-0.1, -0.05) is 39.0 Å². The van der Waals surface area contributed by atoms with Gasteiger partial charge in [-0.25, -0.2) is 0 Å². The molecule has 0 aliphatic carbocycles. The van der Waals surface area contributed by atoms with Crippen molar-refractivity contribution >= 4 is 23.2 Å². The zero-order valence-electron chi connectivity index (χ0n) is 16.6. The quantitative estimate of drug-likeness (QED) is 0.733. The predicted octanol–water partition coefficient (Wildman–Crippen LogP) is 4.98. The van der Waals surface area contributed by atoms with Gasteiger partial charge in [0.25, 0.3) is 5.91 Å². The Hall–Kier alpha value is -3.03. The first-order valence-electron chi connectivity index (χ1n) is 8.89. The van der Waals surface area contributed by atoms with Gasteiger partial charge >= 0.3 is 6.18 Å². The molecule has 0 aromatic heterocycles. The number of benzene rings is 2. The highest BCUT2D eigenvalue weighted by atomic mass is 19.4. The number of hydrogen-bond acceptors (Lipinski definition) is 3. The van der Waals surface area contributed by atoms with E-state index in [9.17, 15) is 22.8 Å². The van der Waals surface area contributed by atoms with E-state index in [-0.39, 0.29) is 16.8 Å². The van der Waals surface area contributed by atoms with Crippen LogP contribution in [0.1, 0.15) is 38.8 Å². The van der Waals surface area contributed by atoms with Crippen LogP contribution in [0, 0.1) is 0 Å². The number of alkyl halides is 3. The summed E-state index contributed by atoms with van der Waals surface area (Å²) in [5.74, 6) is -0.614. The van der Waals surface area contributed by atoms with Crippen LogP contribution in [0.3, 0.4) is 0 Å². The first-order chi connectivity index (χ1) is 13.4. The maximum atomic E-state index is 13.0. The lowest BCUT2D eigenvalue weighted by Gasteiger charge is -2.22. The van der Waals surface area contributed by atoms with Gasteiger partial charge in [-0.3, -0.25) is 9.59 Å². The third-order valence-corrected chi connectivity index (χ3v) is 3.99. The van der Waals surface area contributed by atoms with Crippen LogP contribution in [0.5, 0.6) is 5.75 Å². The van der Waals surface area contributed by atoms with Gasteiger partial charge in [0, 0.05) is 6.92 Å². The van der Waals surface area contributed by atoms with Gasteiger partial charge in [0.2, 0.25) is 5.91 Å². The third-order valence-electron chi connectivity index (χ3n) is 3.99. The van der Waals surface area contributed by atoms with Crippen LogP contribution >= 0.6 is 0 Å². The van der Waals surface area contributed by atoms with Crippen molar-refractivity contribution in [1.82, 2.24) is 0 Å². The van der Waals surface area contributed by atoms with Crippen molar-refractivity contribution < 1.29 is 27.5 Å². The molecule has 0 aliphatic heterocycles. The highest BCUT2D eigenvalue weighted by Crippen LogP contribution is 2.34. The zero-order valence-corrected chi connectivity index (χ0v) is 16.6. The molecule has 5 nitrogen and oxygen atoms in total. The molecule has 2 rings (SSSR count). The van der Waals surface area contributed by atoms with Crippen LogP contribution in [0.2, 0.25) is 0 Å². The first-order valence-corrected chi connectivity index (χ1v) is 8.89. The van der Waals surface area contributed by atoms with Gasteiger partial charge in [0.1, 0.15) is 5.75 Å². The van der Waals surface area contributed by atoms with Gasteiger partial charge in [-0.2, -0.15) is 13.2 Å². The fraction of sp³-hybridized carbons (Fsp3) is 0.333. The molecule has 2 amide bonds. The minimum Gasteiger partial charge on any atom is -0.483 e. The number of hydrogen-bond donors (Lipinski definition) is 2. The van der Waals surface area contributed by atoms with Gasteiger partial charge in [-0.15, -0.1) is 0 Å². The molecule has 2 aromatic carbocycles. The summed E-state index contributed by atoms with van der Waals surface area (Å²) in [5.41, 5.74) is -0.361. The number of rotatable bonds is 5. The standard InChI is InChI=1S/C21H23F3N2O3/c1-13(27)25-16-10-9-14(21(22,23)24)11-17(16)26-19(28)12-29-18-8-6-5-7-15(18)20(2,3)4/h5-11H,12H2,1-4H3,(H,25,27)(H,26,28). The van der Waals surface area contributed by atoms with Crippen LogP contribution in [-0.4, -0.2) is 18.4 Å². The largest absolute Gasteiger partial charge is 0.483 e. The summed E-state index contributed by atoms with van der Waals surface area (Å²) in [7, 11) is 0. The topological polar surface area (TPSA) is 67.4 Å². The lowest BCUT2D eigenvalue weighted by molar-refractivity contribution is -0.137. The molecule has 0 unspecified atom stereocenters. The van der Waals surface area contributed by atoms with Crippen LogP contribution in [0.4, 0.5) is 24.5 Å². The van der Waals surface area contributed by atoms with E-state index in [0.29, 0.717) is 5.75 Å². The van der Waals surface area contributed by atoms with Crippen LogP contribution in [0.25, 0.3) is 0 Å². The van der Waals surface area contributed by atoms with Crippen molar-refractivity contribution in [3.8, 4) is 5.75 Å². The van der Waals surface area contributed by atoms with Crippen molar-refractivity contribution in [3.05, 3.63) is 53.6 Å². The zero-order chi connectivity index (χ0) is 21.8. The summed E-state index contributed by atoms with van der Waals surface area (Å²) in [6.45, 7) is 6.81. The monoisotopic (exact) mass is 408 g/mol. The van der Waals surface area contributed by atoms with Gasteiger partial charge in [0.15, 0.2) is 6.61 Å². The molecule has 0 bridgehead atoms. The lowest BCUT2D eigenvalue weighted by atomic mass is 9.86. The van der Waals surface area contributed by atoms with Gasteiger partial charge < -0.3 is 15.4 Å². The summed E-state index contributed by atoms with van der Waals surface area (Å²) >= 11 is 0. The number of carbonyl (C=O) groups excluding carboxylic acids is 2. The Morgan fingerprint density at radius 1 is 0.966 bits per heavy atom. The smallest absolute Gasteiger partial charge is 0.416 e. The van der Waals surface area contributed by atoms with Crippen molar-refractivity contribution in [2.45, 2.75) is 39.3 Å². The van der Waals surface area contributed by atoms with E-state index in [0.717, 1.165) is 23.8 Å². The van der Waals surface area contributed by atoms with E-state index < -0.39 is 30.2 Å². The second-order valence-electron chi connectivity index (χ2n) is 7.52. The SMILES string of the molecule is CC(=O)Nc1ccc(C(F)(F)F)cc1NC(=O)COc1ccccc1C(C)(C)C. The normalized spacial score (nSPS) is 11.7. The van der Waals surface area contributed by atoms with E-state index in [1.54, 1.807) is 12.1 Å². The number of anilines is 2. The van der Waals surface area contributed by atoms with Crippen molar-refractivity contribution in [2.75, 3.05) is 17.2 Å². The van der Waals surface area contributed by atoms with Crippen molar-refractivity contribution in [1.29, 1.82) is 0 Å². The molecule has 2 aromatic rings. The van der Waals surface area contributed by atoms with E-state index in [1.807, 2.05) is 32.9 Å². The molecular weight excluding hydrogens is 385 g/mol. The molecule has 0 saturated carbocycles. The summed E-state index contributed by atoms with van der Waals surface area (Å²) in [6, 6.07) is 9.93. The molecule has 0 fully saturated rings. The molecule has 0 aliphatic rings. The molecule has 2 N–H and O–H groups in total. The average molecular weight is 408 g/mol. The second-order valence-corrected chi connectivity index (χ2v) is 7.52. The van der Waals surface area contributed by atoms with Crippen LogP contribution in [-0.2, 0) is 21.2 Å². The van der Waals surface area contributed by atoms with Crippen molar-refractivity contribution in [2.24, 2.45) is 0 Å². The Labute approximate surface area is 167 Å². The lowest BCUT2D eigenvalue weighted by Crippen LogP contribution is -2.23. The molecule has 0 spiro atoms. The molecule has 8 heteroatoms. The number of ether oxygens (including phenoxy) is 1. The maximum Gasteiger partial charge on any atom is 0.416 e. The van der Waals surface area contributed by atoms with Crippen LogP contribution in [0.15, 0.2) is 42.5 Å². The van der Waals surface area contributed by atoms with E-state index in [1.165, 1.54) is 6.92 Å². The summed E-state index contributed by atoms with van der Waals surface area (Å²) in [6.07, 6.45) is -4.59. The average Bonchev–Trinajstić information content (AvgIpc) is 2.59. The Morgan fingerprint density at radius 2 is 1.62 bits per heavy atom. The van der Waals surface area contributed by atoms with E-state index in [2.05, 4.69) is 10.6 Å². The molecular formula is C21H23F3N2O3. The summed E-state index contributed by atoms with van der Waals surface area (Å²) < 4.78 is 44.6. The first kappa shape index (κ1) is 22.3. The summed E-state index contributed by atoms with van der Waals surface area (Å²) in [5, 5.41) is 4.78. The van der Waals surface area contributed by atoms with E-state index >= 15 is 0 Å². The van der Waals surface area contributed by atoms with Gasteiger partial charge in [0.05, 0.1) is 16.9 Å². The Morgan fingerprint density at radius 3 is 2.21 bits per heavy atom. The second kappa shape index (κ2) is 8.55. The number of halogens is 3. The molecule has 0 radical (unpaired) electrons. The van der Waals surface area contributed by atoms with Crippen molar-refractivity contribution in [3.63, 3.8) is 0 Å². The summed E-state index contributed by atoms with van der Waals surface area (Å²) in [4.78, 5) is 23.6. The predicted molar refractivity (Wildman–Crippen MR) is 105 cm³/mol. The number of amides is 2. The molecule has 0 saturated heterocycles. The minimum atomic E-state index is -4.59. The van der Waals surface area contributed by atoms with E-state index in [4.69, 9.17) is 4.74 Å². The Balaban J connectivity index is 2.19. The number of para-hydroxylation sites is 1. The molecule has 156 valence electrons. The highest BCUT2D eigenvalue weighted by Gasteiger charge is 2.31. The number of nitrogens with one attached hydrogen (secondary N) is 2. The minimum absolute atomic E-state index is 0.0638. The third kappa shape index (κ3) is 6.23. The molecule has 0 atom stereocenters.